The van der Waals surface area contributed by atoms with E-state index >= 15 is 0 Å². The molecule has 0 aromatic heterocycles. The van der Waals surface area contributed by atoms with Crippen LogP contribution in [0.5, 0.6) is 0 Å². The molecule has 1 aliphatic rings. The van der Waals surface area contributed by atoms with E-state index in [1.54, 1.807) is 11.9 Å². The monoisotopic (exact) mass is 361 g/mol. The predicted molar refractivity (Wildman–Crippen MR) is 105 cm³/mol. The van der Waals surface area contributed by atoms with Gasteiger partial charge >= 0.3 is 13.2 Å². The third-order valence-electron chi connectivity index (χ3n) is 5.21. The van der Waals surface area contributed by atoms with Crippen LogP contribution in [0, 0.1) is 0 Å². The SMILES string of the molecule is CC(c1ccc(B2OC(C)(C)C(C)(C)O2)cc1)N(C)C(=O)OC(C)(C)C. The van der Waals surface area contributed by atoms with Crippen molar-refractivity contribution in [3.8, 4) is 0 Å². The highest BCUT2D eigenvalue weighted by Gasteiger charge is 2.51. The second kappa shape index (κ2) is 6.89. The van der Waals surface area contributed by atoms with Gasteiger partial charge in [-0.15, -0.1) is 0 Å². The average molecular weight is 361 g/mol. The summed E-state index contributed by atoms with van der Waals surface area (Å²) in [6.07, 6.45) is -0.333. The third-order valence-corrected chi connectivity index (χ3v) is 5.21. The molecule has 1 aliphatic heterocycles. The van der Waals surface area contributed by atoms with Crippen LogP contribution in [0.4, 0.5) is 4.79 Å². The number of carbonyl (C=O) groups excluding carboxylic acids is 1. The topological polar surface area (TPSA) is 48.0 Å². The minimum atomic E-state index is -0.508. The molecule has 0 aliphatic carbocycles. The van der Waals surface area contributed by atoms with Gasteiger partial charge in [-0.2, -0.15) is 0 Å². The first-order chi connectivity index (χ1) is 11.7. The van der Waals surface area contributed by atoms with Crippen LogP contribution in [-0.2, 0) is 14.0 Å². The van der Waals surface area contributed by atoms with E-state index in [0.717, 1.165) is 11.0 Å². The normalized spacial score (nSPS) is 20.0. The Balaban J connectivity index is 2.09. The lowest BCUT2D eigenvalue weighted by Gasteiger charge is -2.32. The van der Waals surface area contributed by atoms with Crippen molar-refractivity contribution in [2.24, 2.45) is 0 Å². The van der Waals surface area contributed by atoms with Gasteiger partial charge in [0.25, 0.3) is 0 Å². The number of carbonyl (C=O) groups is 1. The molecule has 0 N–H and O–H groups in total. The lowest BCUT2D eigenvalue weighted by Crippen LogP contribution is -2.41. The van der Waals surface area contributed by atoms with Crippen LogP contribution in [0.1, 0.15) is 67.0 Å². The Bertz CT molecular complexity index is 633. The summed E-state index contributed by atoms with van der Waals surface area (Å²) in [5.41, 5.74) is 0.769. The van der Waals surface area contributed by atoms with Gasteiger partial charge < -0.3 is 18.9 Å². The Morgan fingerprint density at radius 3 is 1.96 bits per heavy atom. The molecule has 26 heavy (non-hydrogen) atoms. The van der Waals surface area contributed by atoms with Crippen molar-refractivity contribution in [2.45, 2.75) is 78.2 Å². The molecule has 1 amide bonds. The molecular weight excluding hydrogens is 329 g/mol. The Morgan fingerprint density at radius 2 is 1.54 bits per heavy atom. The lowest BCUT2D eigenvalue weighted by molar-refractivity contribution is 0.00578. The second-order valence-corrected chi connectivity index (χ2v) is 9.02. The molecule has 0 saturated carbocycles. The number of hydrogen-bond donors (Lipinski definition) is 0. The van der Waals surface area contributed by atoms with Crippen LogP contribution in [-0.4, -0.2) is 42.0 Å². The van der Waals surface area contributed by atoms with Gasteiger partial charge in [0, 0.05) is 7.05 Å². The summed E-state index contributed by atoms with van der Waals surface area (Å²) in [5.74, 6) is 0. The molecule has 1 atom stereocenters. The third kappa shape index (κ3) is 4.41. The van der Waals surface area contributed by atoms with E-state index in [0.29, 0.717) is 0 Å². The first-order valence-corrected chi connectivity index (χ1v) is 9.15. The van der Waals surface area contributed by atoms with Crippen molar-refractivity contribution >= 4 is 18.7 Å². The molecule has 2 rings (SSSR count). The first-order valence-electron chi connectivity index (χ1n) is 9.15. The number of hydrogen-bond acceptors (Lipinski definition) is 4. The predicted octanol–water partition coefficient (Wildman–Crippen LogP) is 3.91. The van der Waals surface area contributed by atoms with E-state index in [4.69, 9.17) is 14.0 Å². The van der Waals surface area contributed by atoms with Gasteiger partial charge in [-0.05, 0) is 66.4 Å². The molecule has 0 spiro atoms. The van der Waals surface area contributed by atoms with Crippen molar-refractivity contribution in [1.82, 2.24) is 4.90 Å². The highest BCUT2D eigenvalue weighted by molar-refractivity contribution is 6.62. The van der Waals surface area contributed by atoms with E-state index in [9.17, 15) is 4.79 Å². The van der Waals surface area contributed by atoms with Gasteiger partial charge in [-0.25, -0.2) is 4.79 Å². The van der Waals surface area contributed by atoms with Crippen LogP contribution >= 0.6 is 0 Å². The Hall–Kier alpha value is -1.53. The molecule has 144 valence electrons. The zero-order valence-corrected chi connectivity index (χ0v) is 17.5. The number of benzene rings is 1. The molecule has 1 unspecified atom stereocenters. The molecule has 1 aromatic rings. The summed E-state index contributed by atoms with van der Waals surface area (Å²) in [6.45, 7) is 15.7. The largest absolute Gasteiger partial charge is 0.494 e. The van der Waals surface area contributed by atoms with Crippen molar-refractivity contribution in [1.29, 1.82) is 0 Å². The van der Waals surface area contributed by atoms with E-state index in [1.807, 2.05) is 79.7 Å². The van der Waals surface area contributed by atoms with E-state index < -0.39 is 5.60 Å². The minimum Gasteiger partial charge on any atom is -0.444 e. The summed E-state index contributed by atoms with van der Waals surface area (Å²) in [6, 6.07) is 7.91. The maximum absolute atomic E-state index is 12.3. The fourth-order valence-electron chi connectivity index (χ4n) is 2.63. The summed E-state index contributed by atoms with van der Waals surface area (Å²) in [4.78, 5) is 13.9. The molecule has 6 heteroatoms. The number of amides is 1. The lowest BCUT2D eigenvalue weighted by atomic mass is 9.78. The van der Waals surface area contributed by atoms with Crippen LogP contribution in [0.2, 0.25) is 0 Å². The fraction of sp³-hybridized carbons (Fsp3) is 0.650. The average Bonchev–Trinajstić information content (AvgIpc) is 2.72. The van der Waals surface area contributed by atoms with Crippen LogP contribution in [0.25, 0.3) is 0 Å². The van der Waals surface area contributed by atoms with Gasteiger partial charge in [0.05, 0.1) is 17.2 Å². The maximum Gasteiger partial charge on any atom is 0.494 e. The Labute approximate surface area is 158 Å². The standard InChI is InChI=1S/C20H32BNO4/c1-14(22(9)17(23)24-18(2,3)4)15-10-12-16(13-11-15)21-25-19(5,6)20(7,8)26-21/h10-14H,1-9H3. The van der Waals surface area contributed by atoms with Crippen molar-refractivity contribution < 1.29 is 18.8 Å². The zero-order valence-electron chi connectivity index (χ0n) is 17.5. The quantitative estimate of drug-likeness (QED) is 0.766. The van der Waals surface area contributed by atoms with E-state index in [-0.39, 0.29) is 30.5 Å². The smallest absolute Gasteiger partial charge is 0.444 e. The zero-order chi connectivity index (χ0) is 19.9. The highest BCUT2D eigenvalue weighted by Crippen LogP contribution is 2.36. The van der Waals surface area contributed by atoms with Gasteiger partial charge in [0.2, 0.25) is 0 Å². The summed E-state index contributed by atoms with van der Waals surface area (Å²) < 4.78 is 17.6. The van der Waals surface area contributed by atoms with Gasteiger partial charge in [0.1, 0.15) is 5.60 Å². The molecule has 0 bridgehead atoms. The second-order valence-electron chi connectivity index (χ2n) is 9.02. The maximum atomic E-state index is 12.3. The number of nitrogens with zero attached hydrogens (tertiary/aromatic N) is 1. The van der Waals surface area contributed by atoms with Gasteiger partial charge in [0.15, 0.2) is 0 Å². The van der Waals surface area contributed by atoms with Gasteiger partial charge in [-0.3, -0.25) is 0 Å². The van der Waals surface area contributed by atoms with Crippen molar-refractivity contribution in [3.63, 3.8) is 0 Å². The van der Waals surface area contributed by atoms with E-state index in [1.165, 1.54) is 0 Å². The van der Waals surface area contributed by atoms with Crippen molar-refractivity contribution in [3.05, 3.63) is 29.8 Å². The van der Waals surface area contributed by atoms with Crippen molar-refractivity contribution in [2.75, 3.05) is 7.05 Å². The molecule has 1 aromatic carbocycles. The molecule has 1 heterocycles. The Morgan fingerprint density at radius 1 is 1.08 bits per heavy atom. The molecule has 0 radical (unpaired) electrons. The van der Waals surface area contributed by atoms with Crippen LogP contribution < -0.4 is 5.46 Å². The minimum absolute atomic E-state index is 0.0998. The summed E-state index contributed by atoms with van der Waals surface area (Å²) in [5, 5.41) is 0. The first kappa shape index (κ1) is 20.8. The Kier molecular flexibility index (Phi) is 5.51. The molecular formula is C20H32BNO4. The number of rotatable bonds is 3. The number of ether oxygens (including phenoxy) is 1. The van der Waals surface area contributed by atoms with Gasteiger partial charge in [-0.1, -0.05) is 24.3 Å². The van der Waals surface area contributed by atoms with Crippen LogP contribution in [0.3, 0.4) is 0 Å². The fourth-order valence-corrected chi connectivity index (χ4v) is 2.63. The van der Waals surface area contributed by atoms with E-state index in [2.05, 4.69) is 0 Å². The molecule has 1 saturated heterocycles. The highest BCUT2D eigenvalue weighted by atomic mass is 16.7. The molecule has 5 nitrogen and oxygen atoms in total. The summed E-state index contributed by atoms with van der Waals surface area (Å²) >= 11 is 0. The summed E-state index contributed by atoms with van der Waals surface area (Å²) in [7, 11) is 1.37. The van der Waals surface area contributed by atoms with Crippen LogP contribution in [0.15, 0.2) is 24.3 Å². The molecule has 1 fully saturated rings.